The van der Waals surface area contributed by atoms with Crippen LogP contribution in [0.15, 0.2) is 24.3 Å². The molecule has 0 fully saturated rings. The van der Waals surface area contributed by atoms with Crippen LogP contribution in [-0.2, 0) is 4.79 Å². The lowest BCUT2D eigenvalue weighted by atomic mass is 10.0. The van der Waals surface area contributed by atoms with Crippen LogP contribution < -0.4 is 10.5 Å². The summed E-state index contributed by atoms with van der Waals surface area (Å²) in [7, 11) is 1.79. The molecule has 20 heavy (non-hydrogen) atoms. The number of benzene rings is 1. The van der Waals surface area contributed by atoms with Crippen molar-refractivity contribution in [1.82, 2.24) is 4.90 Å². The van der Waals surface area contributed by atoms with Crippen LogP contribution in [0.4, 0.5) is 0 Å². The summed E-state index contributed by atoms with van der Waals surface area (Å²) in [6.45, 7) is 3.62. The van der Waals surface area contributed by atoms with Crippen molar-refractivity contribution in [2.24, 2.45) is 11.7 Å². The first kappa shape index (κ1) is 16.8. The molecule has 1 aromatic carbocycles. The van der Waals surface area contributed by atoms with Crippen LogP contribution in [0.2, 0.25) is 5.02 Å². The molecule has 0 aliphatic carbocycles. The highest BCUT2D eigenvalue weighted by molar-refractivity contribution is 6.30. The summed E-state index contributed by atoms with van der Waals surface area (Å²) < 4.78 is 5.56. The zero-order chi connectivity index (χ0) is 15.0. The van der Waals surface area contributed by atoms with Crippen molar-refractivity contribution in [1.29, 1.82) is 0 Å². The van der Waals surface area contributed by atoms with E-state index in [1.165, 1.54) is 0 Å². The van der Waals surface area contributed by atoms with E-state index in [0.29, 0.717) is 31.1 Å². The van der Waals surface area contributed by atoms with Gasteiger partial charge in [-0.3, -0.25) is 4.79 Å². The second kappa shape index (κ2) is 8.82. The minimum atomic E-state index is 0.113. The summed E-state index contributed by atoms with van der Waals surface area (Å²) >= 11 is 5.79. The van der Waals surface area contributed by atoms with E-state index in [-0.39, 0.29) is 11.8 Å². The number of amides is 1. The molecule has 0 heterocycles. The number of carbonyl (C=O) groups is 1. The average molecular weight is 299 g/mol. The fraction of sp³-hybridized carbons (Fsp3) is 0.533. The molecule has 5 heteroatoms. The summed E-state index contributed by atoms with van der Waals surface area (Å²) in [6.07, 6.45) is 1.43. The Bertz CT molecular complexity index is 405. The Kier molecular flexibility index (Phi) is 7.41. The van der Waals surface area contributed by atoms with Crippen LogP contribution in [0.25, 0.3) is 0 Å². The maximum absolute atomic E-state index is 12.0. The van der Waals surface area contributed by atoms with Crippen LogP contribution in [0, 0.1) is 5.92 Å². The van der Waals surface area contributed by atoms with Crippen molar-refractivity contribution in [2.45, 2.75) is 19.8 Å². The number of nitrogens with two attached hydrogens (primary N) is 1. The van der Waals surface area contributed by atoms with Gasteiger partial charge in [0.1, 0.15) is 12.4 Å². The topological polar surface area (TPSA) is 55.6 Å². The van der Waals surface area contributed by atoms with E-state index in [1.54, 1.807) is 24.1 Å². The molecule has 1 rings (SSSR count). The minimum Gasteiger partial charge on any atom is -0.492 e. The third-order valence-electron chi connectivity index (χ3n) is 3.31. The van der Waals surface area contributed by atoms with E-state index in [2.05, 4.69) is 6.92 Å². The molecule has 112 valence electrons. The summed E-state index contributed by atoms with van der Waals surface area (Å²) in [5.41, 5.74) is 5.61. The van der Waals surface area contributed by atoms with Crippen molar-refractivity contribution >= 4 is 17.5 Å². The molecule has 0 aromatic heterocycles. The molecule has 1 unspecified atom stereocenters. The van der Waals surface area contributed by atoms with Crippen molar-refractivity contribution in [3.8, 4) is 5.75 Å². The average Bonchev–Trinajstić information content (AvgIpc) is 2.46. The number of hydrogen-bond donors (Lipinski definition) is 1. The Morgan fingerprint density at radius 2 is 2.05 bits per heavy atom. The molecule has 0 spiro atoms. The highest BCUT2D eigenvalue weighted by Gasteiger charge is 2.14. The monoisotopic (exact) mass is 298 g/mol. The molecular formula is C15H23ClN2O2. The van der Waals surface area contributed by atoms with Crippen LogP contribution in [-0.4, -0.2) is 37.6 Å². The lowest BCUT2D eigenvalue weighted by Gasteiger charge is -2.20. The summed E-state index contributed by atoms with van der Waals surface area (Å²) in [6, 6.07) is 7.18. The van der Waals surface area contributed by atoms with Gasteiger partial charge in [-0.1, -0.05) is 24.9 Å². The van der Waals surface area contributed by atoms with Crippen molar-refractivity contribution in [2.75, 3.05) is 26.7 Å². The quantitative estimate of drug-likeness (QED) is 0.802. The first-order valence-electron chi connectivity index (χ1n) is 6.89. The molecule has 0 saturated heterocycles. The molecular weight excluding hydrogens is 276 g/mol. The highest BCUT2D eigenvalue weighted by Crippen LogP contribution is 2.15. The maximum atomic E-state index is 12.0. The van der Waals surface area contributed by atoms with Gasteiger partial charge in [-0.15, -0.1) is 0 Å². The molecule has 0 saturated carbocycles. The highest BCUT2D eigenvalue weighted by atomic mass is 35.5. The smallest absolute Gasteiger partial charge is 0.222 e. The Hall–Kier alpha value is -1.26. The predicted molar refractivity (Wildman–Crippen MR) is 82.0 cm³/mol. The van der Waals surface area contributed by atoms with Gasteiger partial charge in [0, 0.05) is 18.5 Å². The van der Waals surface area contributed by atoms with Crippen LogP contribution in [0.5, 0.6) is 5.75 Å². The summed E-state index contributed by atoms with van der Waals surface area (Å²) in [5, 5.41) is 0.678. The zero-order valence-corrected chi connectivity index (χ0v) is 12.9. The van der Waals surface area contributed by atoms with Gasteiger partial charge in [0.25, 0.3) is 0 Å². The maximum Gasteiger partial charge on any atom is 0.222 e. The van der Waals surface area contributed by atoms with Crippen LogP contribution >= 0.6 is 11.6 Å². The van der Waals surface area contributed by atoms with Crippen LogP contribution in [0.3, 0.4) is 0 Å². The van der Waals surface area contributed by atoms with Crippen LogP contribution in [0.1, 0.15) is 19.8 Å². The largest absolute Gasteiger partial charge is 0.492 e. The van der Waals surface area contributed by atoms with Crippen molar-refractivity contribution in [3.63, 3.8) is 0 Å². The Labute approximate surface area is 125 Å². The number of hydrogen-bond acceptors (Lipinski definition) is 3. The van der Waals surface area contributed by atoms with E-state index in [4.69, 9.17) is 22.1 Å². The van der Waals surface area contributed by atoms with Gasteiger partial charge in [0.2, 0.25) is 5.91 Å². The Morgan fingerprint density at radius 3 is 2.60 bits per heavy atom. The number of rotatable bonds is 8. The van der Waals surface area contributed by atoms with Crippen molar-refractivity contribution < 1.29 is 9.53 Å². The molecule has 0 aliphatic heterocycles. The fourth-order valence-corrected chi connectivity index (χ4v) is 1.88. The van der Waals surface area contributed by atoms with E-state index in [9.17, 15) is 4.79 Å². The minimum absolute atomic E-state index is 0.113. The molecule has 1 amide bonds. The van der Waals surface area contributed by atoms with E-state index in [0.717, 1.165) is 12.2 Å². The van der Waals surface area contributed by atoms with Gasteiger partial charge in [-0.05, 0) is 36.7 Å². The van der Waals surface area contributed by atoms with E-state index in [1.807, 2.05) is 12.1 Å². The molecule has 0 bridgehead atoms. The molecule has 0 aliphatic rings. The Balaban J connectivity index is 2.30. The molecule has 1 atom stereocenters. The third kappa shape index (κ3) is 5.80. The second-order valence-electron chi connectivity index (χ2n) is 4.83. The summed E-state index contributed by atoms with van der Waals surface area (Å²) in [4.78, 5) is 13.6. The van der Waals surface area contributed by atoms with Gasteiger partial charge in [-0.2, -0.15) is 0 Å². The SMILES string of the molecule is CCC(CN)CC(=O)N(C)CCOc1ccc(Cl)cc1. The van der Waals surface area contributed by atoms with Gasteiger partial charge in [0.05, 0.1) is 6.54 Å². The second-order valence-corrected chi connectivity index (χ2v) is 5.27. The van der Waals surface area contributed by atoms with Crippen molar-refractivity contribution in [3.05, 3.63) is 29.3 Å². The van der Waals surface area contributed by atoms with E-state index < -0.39 is 0 Å². The lowest BCUT2D eigenvalue weighted by molar-refractivity contribution is -0.131. The fourth-order valence-electron chi connectivity index (χ4n) is 1.75. The van der Waals surface area contributed by atoms with Gasteiger partial charge >= 0.3 is 0 Å². The Morgan fingerprint density at radius 1 is 1.40 bits per heavy atom. The van der Waals surface area contributed by atoms with E-state index >= 15 is 0 Å². The molecule has 1 aromatic rings. The summed E-state index contributed by atoms with van der Waals surface area (Å²) in [5.74, 6) is 1.13. The predicted octanol–water partition coefficient (Wildman–Crippen LogP) is 2.55. The number of likely N-dealkylation sites (N-methyl/N-ethyl adjacent to an activating group) is 1. The molecule has 2 N–H and O–H groups in total. The van der Waals surface area contributed by atoms with Gasteiger partial charge < -0.3 is 15.4 Å². The molecule has 0 radical (unpaired) electrons. The first-order chi connectivity index (χ1) is 9.56. The standard InChI is InChI=1S/C15H23ClN2O2/c1-3-12(11-17)10-15(19)18(2)8-9-20-14-6-4-13(16)5-7-14/h4-7,12H,3,8-11,17H2,1-2H3. The van der Waals surface area contributed by atoms with Gasteiger partial charge in [0.15, 0.2) is 0 Å². The zero-order valence-electron chi connectivity index (χ0n) is 12.1. The normalized spacial score (nSPS) is 12.0. The first-order valence-corrected chi connectivity index (χ1v) is 7.27. The third-order valence-corrected chi connectivity index (χ3v) is 3.56. The number of halogens is 1. The van der Waals surface area contributed by atoms with Gasteiger partial charge in [-0.25, -0.2) is 0 Å². The number of ether oxygens (including phenoxy) is 1. The molecule has 4 nitrogen and oxygen atoms in total. The number of carbonyl (C=O) groups excluding carboxylic acids is 1. The lowest BCUT2D eigenvalue weighted by Crippen LogP contribution is -2.33. The number of nitrogens with zero attached hydrogens (tertiary/aromatic N) is 1.